The number of nitrogens with zero attached hydrogens (tertiary/aromatic N) is 5. The molecule has 1 N–H and O–H groups in total. The quantitative estimate of drug-likeness (QED) is 0.852. The number of hydrogen-bond donors (Lipinski definition) is 1. The molecule has 2 aliphatic rings. The SMILES string of the molecule is CNc1cc(Sc2nnc(C3CC3)n2C2CC2)ncn1. The van der Waals surface area contributed by atoms with Crippen LogP contribution in [-0.4, -0.2) is 31.8 Å². The van der Waals surface area contributed by atoms with Gasteiger partial charge in [-0.3, -0.25) is 0 Å². The minimum Gasteiger partial charge on any atom is -0.373 e. The van der Waals surface area contributed by atoms with Crippen molar-refractivity contribution in [2.45, 2.75) is 47.8 Å². The lowest BCUT2D eigenvalue weighted by molar-refractivity contribution is 0.626. The summed E-state index contributed by atoms with van der Waals surface area (Å²) in [6, 6.07) is 2.54. The Labute approximate surface area is 121 Å². The molecule has 0 saturated heterocycles. The molecule has 4 rings (SSSR count). The molecule has 2 heterocycles. The Morgan fingerprint density at radius 3 is 2.75 bits per heavy atom. The number of hydrogen-bond acceptors (Lipinski definition) is 6. The van der Waals surface area contributed by atoms with Gasteiger partial charge in [0.15, 0.2) is 5.16 Å². The molecule has 0 aliphatic heterocycles. The maximum absolute atomic E-state index is 4.41. The zero-order valence-corrected chi connectivity index (χ0v) is 12.1. The van der Waals surface area contributed by atoms with Crippen molar-refractivity contribution in [1.82, 2.24) is 24.7 Å². The molecule has 2 fully saturated rings. The lowest BCUT2D eigenvalue weighted by Gasteiger charge is -2.07. The van der Waals surface area contributed by atoms with Gasteiger partial charge in [0.2, 0.25) is 0 Å². The first-order valence-electron chi connectivity index (χ1n) is 6.97. The molecule has 0 amide bonds. The van der Waals surface area contributed by atoms with E-state index in [1.807, 2.05) is 13.1 Å². The fraction of sp³-hybridized carbons (Fsp3) is 0.538. The third kappa shape index (κ3) is 2.26. The third-order valence-corrected chi connectivity index (χ3v) is 4.53. The average Bonchev–Trinajstić information content (AvgIpc) is 3.38. The van der Waals surface area contributed by atoms with Crippen molar-refractivity contribution in [2.75, 3.05) is 12.4 Å². The molecule has 0 unspecified atom stereocenters. The highest BCUT2D eigenvalue weighted by molar-refractivity contribution is 7.99. The van der Waals surface area contributed by atoms with Gasteiger partial charge in [-0.05, 0) is 37.4 Å². The minimum atomic E-state index is 0.605. The second-order valence-electron chi connectivity index (χ2n) is 5.31. The zero-order valence-electron chi connectivity index (χ0n) is 11.3. The van der Waals surface area contributed by atoms with Gasteiger partial charge in [-0.25, -0.2) is 9.97 Å². The van der Waals surface area contributed by atoms with E-state index in [9.17, 15) is 0 Å². The zero-order chi connectivity index (χ0) is 13.5. The molecule has 0 radical (unpaired) electrons. The monoisotopic (exact) mass is 288 g/mol. The molecular weight excluding hydrogens is 272 g/mol. The maximum atomic E-state index is 4.41. The number of rotatable bonds is 5. The van der Waals surface area contributed by atoms with Crippen molar-refractivity contribution in [1.29, 1.82) is 0 Å². The van der Waals surface area contributed by atoms with Gasteiger partial charge in [0.1, 0.15) is 23.0 Å². The van der Waals surface area contributed by atoms with Crippen LogP contribution in [0.5, 0.6) is 0 Å². The molecule has 7 heteroatoms. The first-order chi connectivity index (χ1) is 9.85. The van der Waals surface area contributed by atoms with Crippen LogP contribution in [0, 0.1) is 0 Å². The van der Waals surface area contributed by atoms with E-state index in [0.29, 0.717) is 12.0 Å². The minimum absolute atomic E-state index is 0.605. The summed E-state index contributed by atoms with van der Waals surface area (Å²) in [5.41, 5.74) is 0. The summed E-state index contributed by atoms with van der Waals surface area (Å²) in [5.74, 6) is 2.64. The van der Waals surface area contributed by atoms with Crippen LogP contribution in [0.2, 0.25) is 0 Å². The third-order valence-electron chi connectivity index (χ3n) is 3.64. The second-order valence-corrected chi connectivity index (χ2v) is 6.30. The fourth-order valence-electron chi connectivity index (χ4n) is 2.28. The van der Waals surface area contributed by atoms with Crippen molar-refractivity contribution in [3.05, 3.63) is 18.2 Å². The van der Waals surface area contributed by atoms with E-state index in [2.05, 4.69) is 30.0 Å². The Balaban J connectivity index is 1.64. The fourth-order valence-corrected chi connectivity index (χ4v) is 3.16. The van der Waals surface area contributed by atoms with Gasteiger partial charge in [0.05, 0.1) is 0 Å². The topological polar surface area (TPSA) is 68.5 Å². The molecule has 0 bridgehead atoms. The lowest BCUT2D eigenvalue weighted by atomic mass is 10.4. The summed E-state index contributed by atoms with van der Waals surface area (Å²) in [7, 11) is 1.86. The first-order valence-corrected chi connectivity index (χ1v) is 7.79. The smallest absolute Gasteiger partial charge is 0.197 e. The Kier molecular flexibility index (Phi) is 2.87. The van der Waals surface area contributed by atoms with Gasteiger partial charge < -0.3 is 9.88 Å². The Bertz CT molecular complexity index is 632. The Morgan fingerprint density at radius 1 is 1.20 bits per heavy atom. The summed E-state index contributed by atoms with van der Waals surface area (Å²) in [6.07, 6.45) is 6.58. The summed E-state index contributed by atoms with van der Waals surface area (Å²) in [5, 5.41) is 13.7. The van der Waals surface area contributed by atoms with Gasteiger partial charge in [-0.2, -0.15) is 0 Å². The van der Waals surface area contributed by atoms with Crippen molar-refractivity contribution in [3.8, 4) is 0 Å². The molecule has 2 aromatic heterocycles. The van der Waals surface area contributed by atoms with E-state index >= 15 is 0 Å². The molecule has 6 nitrogen and oxygen atoms in total. The van der Waals surface area contributed by atoms with E-state index in [4.69, 9.17) is 0 Å². The number of nitrogens with one attached hydrogen (secondary N) is 1. The molecule has 2 aliphatic carbocycles. The van der Waals surface area contributed by atoms with Crippen LogP contribution in [0.1, 0.15) is 43.5 Å². The second kappa shape index (κ2) is 4.73. The summed E-state index contributed by atoms with van der Waals surface area (Å²) >= 11 is 1.58. The standard InChI is InChI=1S/C13H16N6S/c1-14-10-6-11(16-7-15-10)20-13-18-17-12(8-2-3-8)19(13)9-4-5-9/h6-9H,2-5H2,1H3,(H,14,15,16). The van der Waals surface area contributed by atoms with Crippen LogP contribution >= 0.6 is 11.8 Å². The number of aromatic nitrogens is 5. The van der Waals surface area contributed by atoms with Crippen molar-refractivity contribution < 1.29 is 0 Å². The highest BCUT2D eigenvalue weighted by Crippen LogP contribution is 2.46. The molecule has 0 atom stereocenters. The summed E-state index contributed by atoms with van der Waals surface area (Å²) < 4.78 is 2.34. The average molecular weight is 288 g/mol. The first kappa shape index (κ1) is 12.1. The van der Waals surface area contributed by atoms with Gasteiger partial charge in [0, 0.05) is 25.1 Å². The van der Waals surface area contributed by atoms with Crippen LogP contribution in [0.3, 0.4) is 0 Å². The molecule has 2 aromatic rings. The molecule has 2 saturated carbocycles. The molecular formula is C13H16N6S. The van der Waals surface area contributed by atoms with Crippen LogP contribution < -0.4 is 5.32 Å². The molecule has 104 valence electrons. The lowest BCUT2D eigenvalue weighted by Crippen LogP contribution is -2.02. The van der Waals surface area contributed by atoms with Gasteiger partial charge in [-0.15, -0.1) is 10.2 Å². The normalized spacial score (nSPS) is 18.2. The van der Waals surface area contributed by atoms with Crippen molar-refractivity contribution in [3.63, 3.8) is 0 Å². The molecule has 0 spiro atoms. The Hall–Kier alpha value is -1.63. The maximum Gasteiger partial charge on any atom is 0.197 e. The summed E-state index contributed by atoms with van der Waals surface area (Å²) in [6.45, 7) is 0. The van der Waals surface area contributed by atoms with E-state index < -0.39 is 0 Å². The largest absolute Gasteiger partial charge is 0.373 e. The van der Waals surface area contributed by atoms with Crippen LogP contribution in [-0.2, 0) is 0 Å². The van der Waals surface area contributed by atoms with Crippen LogP contribution in [0.4, 0.5) is 5.82 Å². The van der Waals surface area contributed by atoms with Crippen molar-refractivity contribution >= 4 is 17.6 Å². The van der Waals surface area contributed by atoms with Gasteiger partial charge >= 0.3 is 0 Å². The number of anilines is 1. The van der Waals surface area contributed by atoms with Gasteiger partial charge in [0.25, 0.3) is 0 Å². The predicted octanol–water partition coefficient (Wildman–Crippen LogP) is 2.47. The van der Waals surface area contributed by atoms with E-state index in [0.717, 1.165) is 16.0 Å². The molecule has 20 heavy (non-hydrogen) atoms. The van der Waals surface area contributed by atoms with E-state index in [1.165, 1.54) is 31.5 Å². The highest BCUT2D eigenvalue weighted by Gasteiger charge is 2.36. The predicted molar refractivity (Wildman–Crippen MR) is 76.0 cm³/mol. The van der Waals surface area contributed by atoms with Crippen molar-refractivity contribution in [2.24, 2.45) is 0 Å². The summed E-state index contributed by atoms with van der Waals surface area (Å²) in [4.78, 5) is 8.44. The van der Waals surface area contributed by atoms with E-state index in [-0.39, 0.29) is 0 Å². The van der Waals surface area contributed by atoms with Crippen LogP contribution in [0.25, 0.3) is 0 Å². The highest BCUT2D eigenvalue weighted by atomic mass is 32.2. The van der Waals surface area contributed by atoms with Gasteiger partial charge in [-0.1, -0.05) is 0 Å². The van der Waals surface area contributed by atoms with Crippen LogP contribution in [0.15, 0.2) is 22.6 Å². The molecule has 0 aromatic carbocycles. The van der Waals surface area contributed by atoms with E-state index in [1.54, 1.807) is 18.1 Å². The Morgan fingerprint density at radius 2 is 2.05 bits per heavy atom.